The lowest BCUT2D eigenvalue weighted by atomic mass is 9.82. The highest BCUT2D eigenvalue weighted by atomic mass is 15.1. The number of hydrogen-bond donors (Lipinski definition) is 0. The molecule has 0 radical (unpaired) electrons. The van der Waals surface area contributed by atoms with E-state index in [0.717, 1.165) is 55.6 Å². The normalized spacial score (nSPS) is 12.8. The van der Waals surface area contributed by atoms with Crippen molar-refractivity contribution in [3.63, 3.8) is 0 Å². The molecule has 0 amide bonds. The molecular formula is C66H45N5. The van der Waals surface area contributed by atoms with E-state index in [-0.39, 0.29) is 5.41 Å². The van der Waals surface area contributed by atoms with Gasteiger partial charge in [-0.05, 0) is 99.1 Å². The summed E-state index contributed by atoms with van der Waals surface area (Å²) in [5, 5.41) is 4.79. The minimum absolute atomic E-state index is 0.112. The maximum atomic E-state index is 5.43. The van der Waals surface area contributed by atoms with Gasteiger partial charge in [-0.3, -0.25) is 0 Å². The van der Waals surface area contributed by atoms with Gasteiger partial charge in [-0.15, -0.1) is 0 Å². The summed E-state index contributed by atoms with van der Waals surface area (Å²) in [6.45, 7) is 4.63. The van der Waals surface area contributed by atoms with Gasteiger partial charge in [0, 0.05) is 49.3 Å². The zero-order valence-electron chi connectivity index (χ0n) is 39.3. The minimum atomic E-state index is -0.112. The average Bonchev–Trinajstić information content (AvgIpc) is 4.04. The third kappa shape index (κ3) is 6.36. The predicted octanol–water partition coefficient (Wildman–Crippen LogP) is 16.7. The van der Waals surface area contributed by atoms with Crippen LogP contribution < -0.4 is 0 Å². The highest BCUT2D eigenvalue weighted by molar-refractivity contribution is 6.22. The molecule has 334 valence electrons. The SMILES string of the molecule is CC1(C)c2ccccc2-c2cc(-c3nc(-c4ccccc4)nc(-c4ccccc4-n4c5cc(-c6ccccc6)ccc5c5c(-c6cccc7c6c6ccccc6n7-c6ccccc6)cccc54)n3)ccc21. The molecule has 0 unspecified atom stereocenters. The van der Waals surface area contributed by atoms with Crippen LogP contribution in [0.4, 0.5) is 0 Å². The standard InChI is InChI=1S/C66H45N5/c1-66(2)54-31-15-12-26-47(54)53-40-45(37-39-55(53)66)64-67-63(43-22-8-4-9-23-43)68-65(69-64)52-28-14-17-33-57(52)71-59-35-19-30-49(62(59)51-38-36-44(41-60(51)71)42-20-6-3-7-21-42)48-29-18-34-58-61(48)50-27-13-16-32-56(50)70(58)46-24-10-5-11-25-46/h3-41H,1-2H3. The van der Waals surface area contributed by atoms with Crippen molar-refractivity contribution in [2.24, 2.45) is 0 Å². The Hall–Kier alpha value is -9.19. The molecule has 0 saturated carbocycles. The van der Waals surface area contributed by atoms with E-state index in [0.29, 0.717) is 17.5 Å². The Bertz CT molecular complexity index is 4240. The molecule has 0 aliphatic heterocycles. The number of fused-ring (bicyclic) bond motifs is 9. The van der Waals surface area contributed by atoms with Crippen LogP contribution in [0.25, 0.3) is 123 Å². The molecule has 3 heterocycles. The summed E-state index contributed by atoms with van der Waals surface area (Å²) < 4.78 is 4.83. The van der Waals surface area contributed by atoms with Crippen LogP contribution in [0.3, 0.4) is 0 Å². The maximum absolute atomic E-state index is 5.43. The lowest BCUT2D eigenvalue weighted by Gasteiger charge is -2.21. The van der Waals surface area contributed by atoms with E-state index >= 15 is 0 Å². The molecule has 0 atom stereocenters. The molecule has 0 N–H and O–H groups in total. The molecule has 71 heavy (non-hydrogen) atoms. The first-order chi connectivity index (χ1) is 35.0. The number of para-hydroxylation sites is 3. The monoisotopic (exact) mass is 907 g/mol. The fraction of sp³-hybridized carbons (Fsp3) is 0.0455. The van der Waals surface area contributed by atoms with E-state index in [1.165, 1.54) is 60.6 Å². The van der Waals surface area contributed by atoms with Crippen molar-refractivity contribution in [3.8, 4) is 78.9 Å². The number of rotatable bonds is 7. The third-order valence-corrected chi connectivity index (χ3v) is 14.8. The van der Waals surface area contributed by atoms with Crippen molar-refractivity contribution < 1.29 is 0 Å². The van der Waals surface area contributed by atoms with Gasteiger partial charge in [-0.25, -0.2) is 15.0 Å². The summed E-state index contributed by atoms with van der Waals surface area (Å²) in [5.41, 5.74) is 19.1. The van der Waals surface area contributed by atoms with E-state index in [1.54, 1.807) is 0 Å². The molecule has 0 spiro atoms. The first-order valence-electron chi connectivity index (χ1n) is 24.4. The van der Waals surface area contributed by atoms with Gasteiger partial charge in [0.2, 0.25) is 0 Å². The molecule has 5 heteroatoms. The molecule has 1 aliphatic carbocycles. The smallest absolute Gasteiger partial charge is 0.166 e. The highest BCUT2D eigenvalue weighted by Gasteiger charge is 2.35. The van der Waals surface area contributed by atoms with Gasteiger partial charge in [0.25, 0.3) is 0 Å². The number of benzene rings is 10. The Morgan fingerprint density at radius 2 is 0.831 bits per heavy atom. The van der Waals surface area contributed by atoms with Crippen LogP contribution >= 0.6 is 0 Å². The van der Waals surface area contributed by atoms with Crippen LogP contribution in [0, 0.1) is 0 Å². The van der Waals surface area contributed by atoms with Crippen molar-refractivity contribution in [1.29, 1.82) is 0 Å². The molecule has 3 aromatic heterocycles. The molecular weight excluding hydrogens is 863 g/mol. The topological polar surface area (TPSA) is 48.5 Å². The van der Waals surface area contributed by atoms with Crippen molar-refractivity contribution >= 4 is 43.6 Å². The van der Waals surface area contributed by atoms with Crippen LogP contribution in [0.1, 0.15) is 25.0 Å². The van der Waals surface area contributed by atoms with Crippen LogP contribution in [0.2, 0.25) is 0 Å². The molecule has 10 aromatic carbocycles. The Morgan fingerprint density at radius 1 is 0.310 bits per heavy atom. The molecule has 1 aliphatic rings. The molecule has 0 saturated heterocycles. The first kappa shape index (κ1) is 40.8. The van der Waals surface area contributed by atoms with Gasteiger partial charge in [0.15, 0.2) is 17.5 Å². The summed E-state index contributed by atoms with van der Waals surface area (Å²) in [7, 11) is 0. The van der Waals surface area contributed by atoms with Crippen molar-refractivity contribution in [2.45, 2.75) is 19.3 Å². The van der Waals surface area contributed by atoms with Crippen molar-refractivity contribution in [3.05, 3.63) is 248 Å². The van der Waals surface area contributed by atoms with Gasteiger partial charge >= 0.3 is 0 Å². The Balaban J connectivity index is 1.03. The van der Waals surface area contributed by atoms with Crippen molar-refractivity contribution in [2.75, 3.05) is 0 Å². The zero-order chi connectivity index (χ0) is 47.2. The quantitative estimate of drug-likeness (QED) is 0.160. The Labute approximate surface area is 411 Å². The molecule has 0 fully saturated rings. The number of aromatic nitrogens is 5. The van der Waals surface area contributed by atoms with Gasteiger partial charge in [-0.1, -0.05) is 196 Å². The summed E-state index contributed by atoms with van der Waals surface area (Å²) in [5.74, 6) is 1.86. The fourth-order valence-corrected chi connectivity index (χ4v) is 11.5. The largest absolute Gasteiger partial charge is 0.309 e. The molecule has 13 aromatic rings. The zero-order valence-corrected chi connectivity index (χ0v) is 39.3. The van der Waals surface area contributed by atoms with Crippen LogP contribution in [0.15, 0.2) is 237 Å². The third-order valence-electron chi connectivity index (χ3n) is 14.8. The Morgan fingerprint density at radius 3 is 1.58 bits per heavy atom. The minimum Gasteiger partial charge on any atom is -0.309 e. The van der Waals surface area contributed by atoms with Gasteiger partial charge in [0.05, 0.1) is 27.8 Å². The van der Waals surface area contributed by atoms with Gasteiger partial charge in [-0.2, -0.15) is 0 Å². The molecule has 0 bridgehead atoms. The van der Waals surface area contributed by atoms with Crippen LogP contribution in [0.5, 0.6) is 0 Å². The lowest BCUT2D eigenvalue weighted by Crippen LogP contribution is -2.14. The second kappa shape index (κ2) is 15.9. The fourth-order valence-electron chi connectivity index (χ4n) is 11.5. The second-order valence-corrected chi connectivity index (χ2v) is 19.1. The molecule has 14 rings (SSSR count). The van der Waals surface area contributed by atoms with Crippen LogP contribution in [-0.4, -0.2) is 24.1 Å². The first-order valence-corrected chi connectivity index (χ1v) is 24.4. The summed E-state index contributed by atoms with van der Waals surface area (Å²) in [6, 6.07) is 85.0. The van der Waals surface area contributed by atoms with Gasteiger partial charge in [0.1, 0.15) is 0 Å². The summed E-state index contributed by atoms with van der Waals surface area (Å²) in [6.07, 6.45) is 0. The van der Waals surface area contributed by atoms with Crippen molar-refractivity contribution in [1.82, 2.24) is 24.1 Å². The lowest BCUT2D eigenvalue weighted by molar-refractivity contribution is 0.660. The van der Waals surface area contributed by atoms with E-state index in [1.807, 2.05) is 18.2 Å². The average molecular weight is 908 g/mol. The van der Waals surface area contributed by atoms with E-state index in [4.69, 9.17) is 15.0 Å². The van der Waals surface area contributed by atoms with E-state index in [9.17, 15) is 0 Å². The Kier molecular flexibility index (Phi) is 9.17. The highest BCUT2D eigenvalue weighted by Crippen LogP contribution is 2.50. The van der Waals surface area contributed by atoms with E-state index < -0.39 is 0 Å². The summed E-state index contributed by atoms with van der Waals surface area (Å²) >= 11 is 0. The number of nitrogens with zero attached hydrogens (tertiary/aromatic N) is 5. The molecule has 5 nitrogen and oxygen atoms in total. The predicted molar refractivity (Wildman–Crippen MR) is 293 cm³/mol. The van der Waals surface area contributed by atoms with E-state index in [2.05, 4.69) is 241 Å². The second-order valence-electron chi connectivity index (χ2n) is 19.1. The van der Waals surface area contributed by atoms with Gasteiger partial charge < -0.3 is 9.13 Å². The maximum Gasteiger partial charge on any atom is 0.166 e. The van der Waals surface area contributed by atoms with Crippen LogP contribution in [-0.2, 0) is 5.41 Å². The summed E-state index contributed by atoms with van der Waals surface area (Å²) in [4.78, 5) is 16.0. The number of hydrogen-bond acceptors (Lipinski definition) is 3.